The molecule has 1 aliphatic carbocycles. The van der Waals surface area contributed by atoms with Gasteiger partial charge in [-0.25, -0.2) is 0 Å². The van der Waals surface area contributed by atoms with Crippen LogP contribution in [0.4, 0.5) is 11.4 Å². The van der Waals surface area contributed by atoms with Crippen molar-refractivity contribution in [1.82, 2.24) is 0 Å². The summed E-state index contributed by atoms with van der Waals surface area (Å²) in [5, 5.41) is 8.51. The van der Waals surface area contributed by atoms with Crippen LogP contribution in [0.5, 0.6) is 0 Å². The van der Waals surface area contributed by atoms with Crippen molar-refractivity contribution in [3.05, 3.63) is 217 Å². The molecule has 1 aliphatic rings. The fourth-order valence-corrected chi connectivity index (χ4v) is 8.51. The van der Waals surface area contributed by atoms with Gasteiger partial charge >= 0.3 is 0 Å². The molecule has 2 heteroatoms. The Kier molecular flexibility index (Phi) is 8.53. The van der Waals surface area contributed by atoms with E-state index in [2.05, 4.69) is 201 Å². The molecule has 0 aliphatic heterocycles. The number of hydrogen-bond donors (Lipinski definition) is 1. The molecule has 0 radical (unpaired) electrons. The standard InChI is InChI=1S/C31H25N.C24H16O/c1-31(2)28-19-23(21-9-4-3-5-10-21)15-17-26(28)27-18-16-24(20-29(27)31)32-30-14-8-12-22-11-6-7-13-25(22)30;1-2-6-17(7-3-1)18-10-12-19(13-11-18)20-14-15-22-21-8-4-5-9-23(21)25-24(22)16-20/h3-20,32H,1-2H3;1-16H. The van der Waals surface area contributed by atoms with Crippen molar-refractivity contribution in [3.8, 4) is 44.5 Å². The summed E-state index contributed by atoms with van der Waals surface area (Å²) in [6.45, 7) is 4.68. The van der Waals surface area contributed by atoms with E-state index in [9.17, 15) is 0 Å². The molecule has 1 N–H and O–H groups in total. The third-order valence-corrected chi connectivity index (χ3v) is 11.6. The Hall–Kier alpha value is -7.16. The number of fused-ring (bicyclic) bond motifs is 7. The zero-order valence-electron chi connectivity index (χ0n) is 32.0. The van der Waals surface area contributed by atoms with Crippen LogP contribution in [0.25, 0.3) is 77.2 Å². The van der Waals surface area contributed by atoms with E-state index in [4.69, 9.17) is 4.42 Å². The lowest BCUT2D eigenvalue weighted by atomic mass is 9.81. The number of nitrogens with one attached hydrogen (secondary N) is 1. The SMILES string of the molecule is CC1(C)c2cc(Nc3cccc4ccccc34)ccc2-c2ccc(-c3ccccc3)cc21.c1ccc(-c2ccc(-c3ccc4c(c3)oc3ccccc34)cc2)cc1. The number of hydrogen-bond acceptors (Lipinski definition) is 2. The molecule has 0 saturated heterocycles. The number of furan rings is 1. The maximum absolute atomic E-state index is 6.01. The van der Waals surface area contributed by atoms with Crippen LogP contribution in [-0.4, -0.2) is 0 Å². The molecule has 0 amide bonds. The summed E-state index contributed by atoms with van der Waals surface area (Å²) in [5.41, 5.74) is 16.9. The molecule has 9 aromatic carbocycles. The van der Waals surface area contributed by atoms with Crippen LogP contribution in [0.1, 0.15) is 25.0 Å². The Bertz CT molecular complexity index is 3040. The van der Waals surface area contributed by atoms with E-state index in [1.807, 2.05) is 24.3 Å². The summed E-state index contributed by atoms with van der Waals surface area (Å²) in [6, 6.07) is 73.1. The van der Waals surface area contributed by atoms with E-state index in [1.165, 1.54) is 77.2 Å². The van der Waals surface area contributed by atoms with Crippen LogP contribution in [0.3, 0.4) is 0 Å². The van der Waals surface area contributed by atoms with E-state index in [-0.39, 0.29) is 5.41 Å². The third-order valence-electron chi connectivity index (χ3n) is 11.6. The largest absolute Gasteiger partial charge is 0.456 e. The third kappa shape index (κ3) is 6.36. The van der Waals surface area contributed by atoms with E-state index in [0.29, 0.717) is 0 Å². The maximum Gasteiger partial charge on any atom is 0.136 e. The summed E-state index contributed by atoms with van der Waals surface area (Å²) in [6.07, 6.45) is 0. The molecule has 0 saturated carbocycles. The highest BCUT2D eigenvalue weighted by Gasteiger charge is 2.35. The van der Waals surface area contributed by atoms with Crippen LogP contribution in [0, 0.1) is 0 Å². The molecule has 1 heterocycles. The van der Waals surface area contributed by atoms with Gasteiger partial charge in [-0.2, -0.15) is 0 Å². The van der Waals surface area contributed by atoms with Crippen LogP contribution in [0.15, 0.2) is 211 Å². The van der Waals surface area contributed by atoms with Gasteiger partial charge in [0.15, 0.2) is 0 Å². The monoisotopic (exact) mass is 731 g/mol. The van der Waals surface area contributed by atoms with Gasteiger partial charge in [0, 0.05) is 32.9 Å². The zero-order chi connectivity index (χ0) is 38.3. The first-order valence-electron chi connectivity index (χ1n) is 19.7. The quantitative estimate of drug-likeness (QED) is 0.191. The molecule has 0 fully saturated rings. The molecule has 57 heavy (non-hydrogen) atoms. The average Bonchev–Trinajstić information content (AvgIpc) is 3.75. The Morgan fingerprint density at radius 1 is 0.368 bits per heavy atom. The minimum atomic E-state index is -0.0497. The van der Waals surface area contributed by atoms with Gasteiger partial charge in [-0.3, -0.25) is 0 Å². The normalized spacial score (nSPS) is 12.5. The number of anilines is 2. The van der Waals surface area contributed by atoms with Crippen molar-refractivity contribution in [1.29, 1.82) is 0 Å². The van der Waals surface area contributed by atoms with Crippen molar-refractivity contribution < 1.29 is 4.42 Å². The average molecular weight is 732 g/mol. The van der Waals surface area contributed by atoms with Crippen LogP contribution in [0.2, 0.25) is 0 Å². The van der Waals surface area contributed by atoms with E-state index >= 15 is 0 Å². The number of rotatable bonds is 5. The fourth-order valence-electron chi connectivity index (χ4n) is 8.51. The first-order valence-corrected chi connectivity index (χ1v) is 19.7. The smallest absolute Gasteiger partial charge is 0.136 e. The minimum Gasteiger partial charge on any atom is -0.456 e. The molecule has 1 aromatic heterocycles. The second-order valence-corrected chi connectivity index (χ2v) is 15.4. The van der Waals surface area contributed by atoms with Gasteiger partial charge in [-0.05, 0) is 103 Å². The lowest BCUT2D eigenvalue weighted by molar-refractivity contribution is 0.661. The van der Waals surface area contributed by atoms with Crippen LogP contribution in [-0.2, 0) is 5.41 Å². The van der Waals surface area contributed by atoms with Crippen molar-refractivity contribution in [2.24, 2.45) is 0 Å². The Morgan fingerprint density at radius 2 is 0.877 bits per heavy atom. The summed E-state index contributed by atoms with van der Waals surface area (Å²) in [7, 11) is 0. The van der Waals surface area contributed by atoms with Crippen molar-refractivity contribution >= 4 is 44.1 Å². The van der Waals surface area contributed by atoms with Gasteiger partial charge in [0.2, 0.25) is 0 Å². The highest BCUT2D eigenvalue weighted by Crippen LogP contribution is 2.50. The van der Waals surface area contributed by atoms with Crippen molar-refractivity contribution in [2.45, 2.75) is 19.3 Å². The van der Waals surface area contributed by atoms with Gasteiger partial charge in [-0.1, -0.05) is 178 Å². The van der Waals surface area contributed by atoms with Gasteiger partial charge < -0.3 is 9.73 Å². The first kappa shape index (κ1) is 34.3. The molecule has 2 nitrogen and oxygen atoms in total. The topological polar surface area (TPSA) is 25.2 Å². The van der Waals surface area contributed by atoms with Crippen LogP contribution < -0.4 is 5.32 Å². The summed E-state index contributed by atoms with van der Waals surface area (Å²) in [5.74, 6) is 0. The predicted molar refractivity (Wildman–Crippen MR) is 241 cm³/mol. The molecule has 11 rings (SSSR count). The van der Waals surface area contributed by atoms with Gasteiger partial charge in [-0.15, -0.1) is 0 Å². The lowest BCUT2D eigenvalue weighted by Crippen LogP contribution is -2.15. The molecule has 272 valence electrons. The predicted octanol–water partition coefficient (Wildman–Crippen LogP) is 15.5. The van der Waals surface area contributed by atoms with E-state index in [1.54, 1.807) is 0 Å². The Balaban J connectivity index is 0.000000143. The van der Waals surface area contributed by atoms with Gasteiger partial charge in [0.05, 0.1) is 0 Å². The molecule has 0 atom stereocenters. The highest BCUT2D eigenvalue weighted by molar-refractivity contribution is 6.06. The molecule has 10 aromatic rings. The minimum absolute atomic E-state index is 0.0497. The van der Waals surface area contributed by atoms with Crippen molar-refractivity contribution in [2.75, 3.05) is 5.32 Å². The fraction of sp³-hybridized carbons (Fsp3) is 0.0545. The second-order valence-electron chi connectivity index (χ2n) is 15.4. The van der Waals surface area contributed by atoms with E-state index in [0.717, 1.165) is 22.5 Å². The summed E-state index contributed by atoms with van der Waals surface area (Å²) in [4.78, 5) is 0. The molecular weight excluding hydrogens is 691 g/mol. The Labute approximate surface area is 333 Å². The summed E-state index contributed by atoms with van der Waals surface area (Å²) < 4.78 is 6.01. The number of benzene rings is 9. The summed E-state index contributed by atoms with van der Waals surface area (Å²) >= 11 is 0. The lowest BCUT2D eigenvalue weighted by Gasteiger charge is -2.23. The Morgan fingerprint density at radius 3 is 1.63 bits per heavy atom. The number of para-hydroxylation sites is 1. The molecule has 0 unspecified atom stereocenters. The van der Waals surface area contributed by atoms with Crippen LogP contribution >= 0.6 is 0 Å². The van der Waals surface area contributed by atoms with Gasteiger partial charge in [0.25, 0.3) is 0 Å². The maximum atomic E-state index is 6.01. The van der Waals surface area contributed by atoms with E-state index < -0.39 is 0 Å². The molecular formula is C55H41NO. The first-order chi connectivity index (χ1) is 28.0. The van der Waals surface area contributed by atoms with Crippen molar-refractivity contribution in [3.63, 3.8) is 0 Å². The molecule has 0 bridgehead atoms. The highest BCUT2D eigenvalue weighted by atomic mass is 16.3. The second kappa shape index (κ2) is 14.2. The van der Waals surface area contributed by atoms with Gasteiger partial charge in [0.1, 0.15) is 11.2 Å². The molecule has 0 spiro atoms. The zero-order valence-corrected chi connectivity index (χ0v) is 32.0.